The molecule has 1 amide bonds. The van der Waals surface area contributed by atoms with Crippen LogP contribution in [0.1, 0.15) is 12.8 Å². The van der Waals surface area contributed by atoms with Gasteiger partial charge >= 0.3 is 5.97 Å². The Morgan fingerprint density at radius 3 is 2.32 bits per heavy atom. The van der Waals surface area contributed by atoms with E-state index in [-0.39, 0.29) is 41.7 Å². The maximum Gasteiger partial charge on any atom is 0.310 e. The van der Waals surface area contributed by atoms with Crippen LogP contribution in [0, 0.1) is 23.7 Å². The Hall–Kier alpha value is -3.02. The number of ether oxygens (including phenoxy) is 3. The molecule has 0 aromatic heterocycles. The number of hydrogen-bond acceptors (Lipinski definition) is 5. The zero-order valence-corrected chi connectivity index (χ0v) is 15.5. The van der Waals surface area contributed by atoms with E-state index in [1.54, 1.807) is 31.4 Å². The zero-order chi connectivity index (χ0) is 19.3. The molecule has 2 saturated carbocycles. The van der Waals surface area contributed by atoms with Gasteiger partial charge < -0.3 is 19.5 Å². The van der Waals surface area contributed by atoms with Crippen LogP contribution in [0.2, 0.25) is 0 Å². The number of carbonyl (C=O) groups is 2. The Morgan fingerprint density at radius 2 is 1.64 bits per heavy atom. The van der Waals surface area contributed by atoms with Crippen molar-refractivity contribution in [1.29, 1.82) is 0 Å². The van der Waals surface area contributed by atoms with E-state index in [9.17, 15) is 9.59 Å². The minimum Gasteiger partial charge on any atom is -0.497 e. The summed E-state index contributed by atoms with van der Waals surface area (Å²) in [6.45, 7) is 0. The summed E-state index contributed by atoms with van der Waals surface area (Å²) in [5.41, 5.74) is 0.692. The van der Waals surface area contributed by atoms with E-state index in [1.165, 1.54) is 0 Å². The fourth-order valence-electron chi connectivity index (χ4n) is 4.97. The monoisotopic (exact) mass is 379 g/mol. The Balaban J connectivity index is 1.24. The van der Waals surface area contributed by atoms with Gasteiger partial charge in [0.2, 0.25) is 5.91 Å². The van der Waals surface area contributed by atoms with E-state index < -0.39 is 0 Å². The molecule has 2 aliphatic carbocycles. The lowest BCUT2D eigenvalue weighted by molar-refractivity contribution is -0.145. The topological polar surface area (TPSA) is 73.9 Å². The van der Waals surface area contributed by atoms with Crippen molar-refractivity contribution in [2.45, 2.75) is 18.9 Å². The average molecular weight is 379 g/mol. The smallest absolute Gasteiger partial charge is 0.310 e. The van der Waals surface area contributed by atoms with Crippen molar-refractivity contribution in [3.05, 3.63) is 48.5 Å². The highest BCUT2D eigenvalue weighted by atomic mass is 16.6. The van der Waals surface area contributed by atoms with Crippen LogP contribution in [0.15, 0.2) is 48.5 Å². The maximum atomic E-state index is 12.8. The summed E-state index contributed by atoms with van der Waals surface area (Å²) < 4.78 is 16.3. The second-order valence-electron chi connectivity index (χ2n) is 7.71. The van der Waals surface area contributed by atoms with Crippen molar-refractivity contribution >= 4 is 17.6 Å². The van der Waals surface area contributed by atoms with E-state index in [4.69, 9.17) is 14.2 Å². The highest BCUT2D eigenvalue weighted by Crippen LogP contribution is 2.57. The maximum absolute atomic E-state index is 12.8. The molecule has 0 spiro atoms. The molecular formula is C22H21NO5. The van der Waals surface area contributed by atoms with Gasteiger partial charge in [-0.1, -0.05) is 0 Å². The summed E-state index contributed by atoms with van der Waals surface area (Å²) in [6, 6.07) is 14.5. The number of fused-ring (bicyclic) bond motifs is 1. The second-order valence-corrected chi connectivity index (χ2v) is 7.71. The fraction of sp³-hybridized carbons (Fsp3) is 0.364. The van der Waals surface area contributed by atoms with Crippen molar-refractivity contribution in [2.24, 2.45) is 23.7 Å². The molecule has 0 radical (unpaired) electrons. The Bertz CT molecular complexity index is 906. The van der Waals surface area contributed by atoms with Crippen molar-refractivity contribution in [2.75, 3.05) is 12.4 Å². The highest BCUT2D eigenvalue weighted by molar-refractivity contribution is 5.97. The Morgan fingerprint density at radius 1 is 1.00 bits per heavy atom. The molecule has 1 heterocycles. The number of rotatable bonds is 5. The lowest BCUT2D eigenvalue weighted by Crippen LogP contribution is -2.35. The van der Waals surface area contributed by atoms with Gasteiger partial charge in [0.15, 0.2) is 0 Å². The molecule has 0 unspecified atom stereocenters. The van der Waals surface area contributed by atoms with E-state index in [1.807, 2.05) is 24.3 Å². The number of nitrogens with one attached hydrogen (secondary N) is 1. The van der Waals surface area contributed by atoms with Gasteiger partial charge in [-0.25, -0.2) is 0 Å². The van der Waals surface area contributed by atoms with E-state index >= 15 is 0 Å². The Kier molecular flexibility index (Phi) is 4.00. The molecule has 1 N–H and O–H groups in total. The van der Waals surface area contributed by atoms with Gasteiger partial charge in [-0.05, 0) is 67.3 Å². The molecule has 6 heteroatoms. The first kappa shape index (κ1) is 17.1. The van der Waals surface area contributed by atoms with Crippen LogP contribution in [0.3, 0.4) is 0 Å². The summed E-state index contributed by atoms with van der Waals surface area (Å²) >= 11 is 0. The molecule has 2 bridgehead atoms. The fourth-order valence-corrected chi connectivity index (χ4v) is 4.97. The third kappa shape index (κ3) is 2.80. The minimum absolute atomic E-state index is 0.0425. The van der Waals surface area contributed by atoms with Gasteiger partial charge in [0.05, 0.1) is 18.9 Å². The molecule has 2 aromatic rings. The van der Waals surface area contributed by atoms with E-state index in [2.05, 4.69) is 5.32 Å². The predicted molar refractivity (Wildman–Crippen MR) is 101 cm³/mol. The summed E-state index contributed by atoms with van der Waals surface area (Å²) in [6.07, 6.45) is 1.79. The number of anilines is 1. The van der Waals surface area contributed by atoms with Crippen molar-refractivity contribution in [3.63, 3.8) is 0 Å². The number of hydrogen-bond donors (Lipinski definition) is 1. The van der Waals surface area contributed by atoms with E-state index in [0.717, 1.165) is 18.6 Å². The van der Waals surface area contributed by atoms with Gasteiger partial charge in [0.25, 0.3) is 0 Å². The molecule has 28 heavy (non-hydrogen) atoms. The molecule has 1 saturated heterocycles. The summed E-state index contributed by atoms with van der Waals surface area (Å²) in [5.74, 6) is 1.81. The quantitative estimate of drug-likeness (QED) is 0.803. The minimum atomic E-state index is -0.272. The average Bonchev–Trinajstić information content (AvgIpc) is 3.33. The molecule has 6 nitrogen and oxygen atoms in total. The SMILES string of the molecule is COc1ccc(Oc2ccc(NC(=O)[C@H]3[C@@H]4C[C@@H]5[C@@H]3C(=O)O[C@@H]5C4)cc2)cc1. The van der Waals surface area contributed by atoms with E-state index in [0.29, 0.717) is 17.2 Å². The van der Waals surface area contributed by atoms with Gasteiger partial charge in [0.1, 0.15) is 23.4 Å². The summed E-state index contributed by atoms with van der Waals surface area (Å²) in [7, 11) is 1.62. The molecule has 3 aliphatic rings. The van der Waals surface area contributed by atoms with Crippen molar-refractivity contribution in [1.82, 2.24) is 0 Å². The first-order valence-corrected chi connectivity index (χ1v) is 9.56. The first-order chi connectivity index (χ1) is 13.6. The number of esters is 1. The van der Waals surface area contributed by atoms with Crippen LogP contribution >= 0.6 is 0 Å². The number of carbonyl (C=O) groups excluding carboxylic acids is 2. The standard InChI is InChI=1S/C22H21NO5/c1-26-14-6-8-16(9-7-14)27-15-4-2-13(3-5-15)23-21(24)19-12-10-17-18(11-12)28-22(25)20(17)19/h2-9,12,17-20H,10-11H2,1H3,(H,23,24)/t12-,17+,18-,19+,20+/m1/s1. The van der Waals surface area contributed by atoms with Crippen molar-refractivity contribution < 1.29 is 23.8 Å². The predicted octanol–water partition coefficient (Wildman–Crippen LogP) is 3.62. The lowest BCUT2D eigenvalue weighted by Gasteiger charge is -2.23. The Labute approximate surface area is 162 Å². The molecule has 2 aromatic carbocycles. The normalized spacial score (nSPS) is 29.5. The second kappa shape index (κ2) is 6.55. The third-order valence-electron chi connectivity index (χ3n) is 6.20. The number of amides is 1. The first-order valence-electron chi connectivity index (χ1n) is 9.56. The number of methoxy groups -OCH3 is 1. The van der Waals surface area contributed by atoms with Gasteiger partial charge in [-0.2, -0.15) is 0 Å². The molecule has 3 fully saturated rings. The highest BCUT2D eigenvalue weighted by Gasteiger charge is 2.63. The van der Waals surface area contributed by atoms with Crippen LogP contribution in [-0.4, -0.2) is 25.1 Å². The van der Waals surface area contributed by atoms with Crippen LogP contribution in [-0.2, 0) is 14.3 Å². The summed E-state index contributed by atoms with van der Waals surface area (Å²) in [5, 5.41) is 2.96. The van der Waals surface area contributed by atoms with Crippen LogP contribution in [0.25, 0.3) is 0 Å². The molecule has 1 aliphatic heterocycles. The lowest BCUT2D eigenvalue weighted by atomic mass is 9.79. The van der Waals surface area contributed by atoms with Gasteiger partial charge in [-0.3, -0.25) is 9.59 Å². The molecular weight excluding hydrogens is 358 g/mol. The molecule has 5 atom stereocenters. The molecule has 5 rings (SSSR count). The van der Waals surface area contributed by atoms with Crippen LogP contribution in [0.4, 0.5) is 5.69 Å². The number of benzene rings is 2. The van der Waals surface area contributed by atoms with Crippen LogP contribution in [0.5, 0.6) is 17.2 Å². The largest absolute Gasteiger partial charge is 0.497 e. The third-order valence-corrected chi connectivity index (χ3v) is 6.20. The summed E-state index contributed by atoms with van der Waals surface area (Å²) in [4.78, 5) is 24.9. The van der Waals surface area contributed by atoms with Gasteiger partial charge in [-0.15, -0.1) is 0 Å². The zero-order valence-electron chi connectivity index (χ0n) is 15.5. The van der Waals surface area contributed by atoms with Gasteiger partial charge in [0, 0.05) is 11.6 Å². The van der Waals surface area contributed by atoms with Crippen molar-refractivity contribution in [3.8, 4) is 17.2 Å². The molecule has 144 valence electrons. The van der Waals surface area contributed by atoms with Crippen LogP contribution < -0.4 is 14.8 Å².